The maximum atomic E-state index is 12.5. The van der Waals surface area contributed by atoms with Gasteiger partial charge in [-0.3, -0.25) is 0 Å². The van der Waals surface area contributed by atoms with Gasteiger partial charge in [-0.1, -0.05) is 18.2 Å². The summed E-state index contributed by atoms with van der Waals surface area (Å²) in [6.07, 6.45) is 3.97. The lowest BCUT2D eigenvalue weighted by Crippen LogP contribution is -2.33. The standard InChI is InChI=1S/C15H22N2O3S/c1-2-9-17(10-11-18)21(19,20)15-7-3-13(4-8-15)12-16-14-5-6-14/h2-4,7-8,14,16,18H,1,5-6,9-12H2. The SMILES string of the molecule is C=CCN(CCO)S(=O)(=O)c1ccc(CNC2CC2)cc1. The summed E-state index contributed by atoms with van der Waals surface area (Å²) in [5.74, 6) is 0. The fourth-order valence-corrected chi connectivity index (χ4v) is 3.44. The quantitative estimate of drug-likeness (QED) is 0.670. The molecule has 0 atom stereocenters. The van der Waals surface area contributed by atoms with E-state index < -0.39 is 10.0 Å². The molecule has 1 aromatic carbocycles. The highest BCUT2D eigenvalue weighted by atomic mass is 32.2. The van der Waals surface area contributed by atoms with Gasteiger partial charge in [-0.2, -0.15) is 4.31 Å². The van der Waals surface area contributed by atoms with E-state index in [0.717, 1.165) is 12.1 Å². The van der Waals surface area contributed by atoms with Crippen molar-refractivity contribution < 1.29 is 13.5 Å². The molecule has 0 aromatic heterocycles. The third kappa shape index (κ3) is 4.38. The van der Waals surface area contributed by atoms with E-state index in [1.54, 1.807) is 12.1 Å². The fraction of sp³-hybridized carbons (Fsp3) is 0.467. The minimum Gasteiger partial charge on any atom is -0.395 e. The summed E-state index contributed by atoms with van der Waals surface area (Å²) in [6, 6.07) is 7.51. The molecule has 0 heterocycles. The summed E-state index contributed by atoms with van der Waals surface area (Å²) in [5, 5.41) is 12.4. The molecule has 0 aliphatic heterocycles. The van der Waals surface area contributed by atoms with E-state index in [1.807, 2.05) is 12.1 Å². The van der Waals surface area contributed by atoms with Gasteiger partial charge in [0.2, 0.25) is 10.0 Å². The number of aliphatic hydroxyl groups excluding tert-OH is 1. The van der Waals surface area contributed by atoms with Crippen LogP contribution >= 0.6 is 0 Å². The van der Waals surface area contributed by atoms with Gasteiger partial charge in [0.25, 0.3) is 0 Å². The van der Waals surface area contributed by atoms with Gasteiger partial charge in [-0.05, 0) is 30.5 Å². The van der Waals surface area contributed by atoms with E-state index in [4.69, 9.17) is 5.11 Å². The molecule has 2 rings (SSSR count). The van der Waals surface area contributed by atoms with Crippen LogP contribution in [0.1, 0.15) is 18.4 Å². The van der Waals surface area contributed by atoms with Gasteiger partial charge in [0, 0.05) is 25.7 Å². The number of benzene rings is 1. The largest absolute Gasteiger partial charge is 0.395 e. The molecule has 1 aromatic rings. The Bertz CT molecular complexity index is 565. The predicted octanol–water partition coefficient (Wildman–Crippen LogP) is 1.11. The highest BCUT2D eigenvalue weighted by molar-refractivity contribution is 7.89. The predicted molar refractivity (Wildman–Crippen MR) is 82.3 cm³/mol. The van der Waals surface area contributed by atoms with Crippen LogP contribution in [0.25, 0.3) is 0 Å². The molecule has 2 N–H and O–H groups in total. The first-order chi connectivity index (χ1) is 10.1. The van der Waals surface area contributed by atoms with Gasteiger partial charge in [-0.15, -0.1) is 6.58 Å². The van der Waals surface area contributed by atoms with Crippen molar-refractivity contribution in [3.05, 3.63) is 42.5 Å². The number of hydrogen-bond donors (Lipinski definition) is 2. The van der Waals surface area contributed by atoms with Crippen LogP contribution in [-0.2, 0) is 16.6 Å². The fourth-order valence-electron chi connectivity index (χ4n) is 2.04. The number of nitrogens with one attached hydrogen (secondary N) is 1. The van der Waals surface area contributed by atoms with E-state index in [1.165, 1.54) is 23.2 Å². The smallest absolute Gasteiger partial charge is 0.243 e. The van der Waals surface area contributed by atoms with Crippen molar-refractivity contribution in [2.75, 3.05) is 19.7 Å². The van der Waals surface area contributed by atoms with Gasteiger partial charge in [0.1, 0.15) is 0 Å². The second kappa shape index (κ2) is 7.17. The molecule has 1 aliphatic carbocycles. The Labute approximate surface area is 126 Å². The van der Waals surface area contributed by atoms with E-state index in [2.05, 4.69) is 11.9 Å². The number of rotatable bonds is 9. The summed E-state index contributed by atoms with van der Waals surface area (Å²) in [4.78, 5) is 0.243. The molecule has 0 saturated heterocycles. The molecule has 1 fully saturated rings. The van der Waals surface area contributed by atoms with Crippen LogP contribution in [0.3, 0.4) is 0 Å². The average molecular weight is 310 g/mol. The lowest BCUT2D eigenvalue weighted by atomic mass is 10.2. The van der Waals surface area contributed by atoms with Crippen molar-refractivity contribution in [2.45, 2.75) is 30.3 Å². The van der Waals surface area contributed by atoms with Crippen LogP contribution < -0.4 is 5.32 Å². The van der Waals surface area contributed by atoms with E-state index >= 15 is 0 Å². The molecule has 0 unspecified atom stereocenters. The van der Waals surface area contributed by atoms with Crippen LogP contribution in [0.5, 0.6) is 0 Å². The molecule has 5 nitrogen and oxygen atoms in total. The first-order valence-corrected chi connectivity index (χ1v) is 8.56. The normalized spacial score (nSPS) is 15.3. The molecule has 0 radical (unpaired) electrons. The third-order valence-electron chi connectivity index (χ3n) is 3.42. The Hall–Kier alpha value is -1.21. The second-order valence-electron chi connectivity index (χ2n) is 5.17. The summed E-state index contributed by atoms with van der Waals surface area (Å²) in [5.41, 5.74) is 1.07. The Kier molecular flexibility index (Phi) is 5.52. The number of aliphatic hydroxyl groups is 1. The lowest BCUT2D eigenvalue weighted by molar-refractivity contribution is 0.260. The van der Waals surface area contributed by atoms with E-state index in [9.17, 15) is 8.42 Å². The van der Waals surface area contributed by atoms with Crippen molar-refractivity contribution in [3.63, 3.8) is 0 Å². The molecule has 1 aliphatic rings. The highest BCUT2D eigenvalue weighted by Gasteiger charge is 2.23. The lowest BCUT2D eigenvalue weighted by Gasteiger charge is -2.19. The van der Waals surface area contributed by atoms with Gasteiger partial charge in [0.15, 0.2) is 0 Å². The van der Waals surface area contributed by atoms with Crippen molar-refractivity contribution in [1.82, 2.24) is 9.62 Å². The minimum absolute atomic E-state index is 0.0688. The Morgan fingerprint density at radius 3 is 2.52 bits per heavy atom. The monoisotopic (exact) mass is 310 g/mol. The maximum absolute atomic E-state index is 12.5. The number of sulfonamides is 1. The van der Waals surface area contributed by atoms with Crippen LogP contribution in [0, 0.1) is 0 Å². The average Bonchev–Trinajstić information content (AvgIpc) is 3.29. The Morgan fingerprint density at radius 2 is 2.00 bits per heavy atom. The van der Waals surface area contributed by atoms with Crippen molar-refractivity contribution >= 4 is 10.0 Å². The zero-order chi connectivity index (χ0) is 15.3. The van der Waals surface area contributed by atoms with E-state index in [-0.39, 0.29) is 24.6 Å². The Balaban J connectivity index is 2.08. The maximum Gasteiger partial charge on any atom is 0.243 e. The van der Waals surface area contributed by atoms with Crippen LogP contribution in [0.2, 0.25) is 0 Å². The molecule has 0 amide bonds. The van der Waals surface area contributed by atoms with Gasteiger partial charge in [0.05, 0.1) is 11.5 Å². The van der Waals surface area contributed by atoms with Gasteiger partial charge < -0.3 is 10.4 Å². The molecule has 6 heteroatoms. The van der Waals surface area contributed by atoms with Crippen molar-refractivity contribution in [2.24, 2.45) is 0 Å². The highest BCUT2D eigenvalue weighted by Crippen LogP contribution is 2.20. The zero-order valence-electron chi connectivity index (χ0n) is 12.0. The summed E-state index contributed by atoms with van der Waals surface area (Å²) >= 11 is 0. The van der Waals surface area contributed by atoms with Gasteiger partial charge >= 0.3 is 0 Å². The molecule has 1 saturated carbocycles. The number of hydrogen-bond acceptors (Lipinski definition) is 4. The van der Waals surface area contributed by atoms with Gasteiger partial charge in [-0.25, -0.2) is 8.42 Å². The molecular weight excluding hydrogens is 288 g/mol. The van der Waals surface area contributed by atoms with Crippen molar-refractivity contribution in [1.29, 1.82) is 0 Å². The molecule has 21 heavy (non-hydrogen) atoms. The zero-order valence-corrected chi connectivity index (χ0v) is 12.8. The topological polar surface area (TPSA) is 69.6 Å². The first kappa shape index (κ1) is 16.2. The summed E-state index contributed by atoms with van der Waals surface area (Å²) in [7, 11) is -3.58. The van der Waals surface area contributed by atoms with Crippen LogP contribution in [0.4, 0.5) is 0 Å². The summed E-state index contributed by atoms with van der Waals surface area (Å²) in [6.45, 7) is 4.36. The van der Waals surface area contributed by atoms with Crippen LogP contribution in [-0.4, -0.2) is 43.6 Å². The molecule has 116 valence electrons. The second-order valence-corrected chi connectivity index (χ2v) is 7.11. The minimum atomic E-state index is -3.58. The summed E-state index contributed by atoms with van der Waals surface area (Å²) < 4.78 is 26.1. The third-order valence-corrected chi connectivity index (χ3v) is 5.29. The van der Waals surface area contributed by atoms with E-state index in [0.29, 0.717) is 6.04 Å². The van der Waals surface area contributed by atoms with Crippen molar-refractivity contribution in [3.8, 4) is 0 Å². The molecule has 0 bridgehead atoms. The molecular formula is C15H22N2O3S. The first-order valence-electron chi connectivity index (χ1n) is 7.12. The number of nitrogens with zero attached hydrogens (tertiary/aromatic N) is 1. The molecule has 0 spiro atoms. The Morgan fingerprint density at radius 1 is 1.33 bits per heavy atom. The van der Waals surface area contributed by atoms with Crippen LogP contribution in [0.15, 0.2) is 41.8 Å².